The van der Waals surface area contributed by atoms with Gasteiger partial charge in [0.05, 0.1) is 0 Å². The molecule has 1 N–H and O–H groups in total. The summed E-state index contributed by atoms with van der Waals surface area (Å²) in [7, 11) is 1.89. The van der Waals surface area contributed by atoms with E-state index in [4.69, 9.17) is 4.84 Å². The van der Waals surface area contributed by atoms with Crippen LogP contribution in [0, 0.1) is 0 Å². The molecule has 1 aliphatic rings. The Morgan fingerprint density at radius 1 is 1.19 bits per heavy atom. The van der Waals surface area contributed by atoms with Gasteiger partial charge in [-0.2, -0.15) is 0 Å². The number of nitrogens with zero attached hydrogens (tertiary/aromatic N) is 4. The fourth-order valence-corrected chi connectivity index (χ4v) is 3.40. The van der Waals surface area contributed by atoms with E-state index in [-0.39, 0.29) is 12.0 Å². The van der Waals surface area contributed by atoms with Gasteiger partial charge in [0.2, 0.25) is 0 Å². The number of oxime groups is 1. The smallest absolute Gasteiger partial charge is 0.273 e. The average molecular weight is 379 g/mol. The highest BCUT2D eigenvalue weighted by Gasteiger charge is 2.27. The molecule has 1 aromatic heterocycles. The Hall–Kier alpha value is -3.13. The molecule has 2 heterocycles. The van der Waals surface area contributed by atoms with Crippen LogP contribution in [0.15, 0.2) is 76.1 Å². The first-order valence-electron chi connectivity index (χ1n) is 8.40. The second kappa shape index (κ2) is 7.63. The molecule has 0 unspecified atom stereocenters. The van der Waals surface area contributed by atoms with Crippen molar-refractivity contribution in [3.05, 3.63) is 66.5 Å². The number of carbonyl (C=O) groups is 1. The Labute approximate surface area is 160 Å². The van der Waals surface area contributed by atoms with Gasteiger partial charge in [0.25, 0.3) is 5.91 Å². The third-order valence-electron chi connectivity index (χ3n) is 4.09. The van der Waals surface area contributed by atoms with Gasteiger partial charge in [-0.25, -0.2) is 0 Å². The van der Waals surface area contributed by atoms with Crippen molar-refractivity contribution < 1.29 is 9.63 Å². The van der Waals surface area contributed by atoms with Crippen LogP contribution in [-0.4, -0.2) is 26.4 Å². The number of aromatic nitrogens is 3. The van der Waals surface area contributed by atoms with Crippen LogP contribution in [0.5, 0.6) is 0 Å². The first kappa shape index (κ1) is 17.3. The molecule has 1 amide bonds. The minimum Gasteiger partial charge on any atom is -0.387 e. The lowest BCUT2D eigenvalue weighted by Gasteiger charge is -2.08. The number of benzene rings is 2. The zero-order valence-electron chi connectivity index (χ0n) is 14.6. The van der Waals surface area contributed by atoms with E-state index in [1.54, 1.807) is 6.33 Å². The summed E-state index contributed by atoms with van der Waals surface area (Å²) in [5.74, 6) is -0.248. The van der Waals surface area contributed by atoms with E-state index in [9.17, 15) is 4.79 Å². The average Bonchev–Trinajstić information content (AvgIpc) is 3.34. The molecule has 136 valence electrons. The van der Waals surface area contributed by atoms with Crippen LogP contribution >= 0.6 is 11.8 Å². The second-order valence-electron chi connectivity index (χ2n) is 6.05. The first-order chi connectivity index (χ1) is 13.2. The third kappa shape index (κ3) is 4.01. The number of hydrogen-bond acceptors (Lipinski definition) is 6. The normalized spacial score (nSPS) is 15.9. The zero-order chi connectivity index (χ0) is 18.6. The molecule has 0 saturated heterocycles. The van der Waals surface area contributed by atoms with E-state index in [1.807, 2.05) is 66.2 Å². The van der Waals surface area contributed by atoms with Crippen molar-refractivity contribution in [2.24, 2.45) is 12.2 Å². The second-order valence-corrected chi connectivity index (χ2v) is 7.09. The molecule has 0 fully saturated rings. The van der Waals surface area contributed by atoms with Crippen molar-refractivity contribution >= 4 is 29.1 Å². The summed E-state index contributed by atoms with van der Waals surface area (Å²) in [5.41, 5.74) is 2.10. The van der Waals surface area contributed by atoms with E-state index in [1.165, 1.54) is 11.8 Å². The van der Waals surface area contributed by atoms with Crippen LogP contribution in [0.3, 0.4) is 0 Å². The molecule has 7 nitrogen and oxygen atoms in total. The maximum Gasteiger partial charge on any atom is 0.273 e. The van der Waals surface area contributed by atoms with Crippen molar-refractivity contribution in [2.45, 2.75) is 22.6 Å². The molecule has 1 atom stereocenters. The van der Waals surface area contributed by atoms with Crippen molar-refractivity contribution in [2.75, 3.05) is 5.32 Å². The maximum atomic E-state index is 12.4. The van der Waals surface area contributed by atoms with Crippen LogP contribution in [0.25, 0.3) is 0 Å². The molecule has 0 aliphatic carbocycles. The number of nitrogens with one attached hydrogen (secondary N) is 1. The Morgan fingerprint density at radius 2 is 1.96 bits per heavy atom. The third-order valence-corrected chi connectivity index (χ3v) is 5.15. The molecule has 0 radical (unpaired) electrons. The lowest BCUT2D eigenvalue weighted by molar-refractivity contribution is -0.110. The highest BCUT2D eigenvalue weighted by atomic mass is 32.2. The fourth-order valence-electron chi connectivity index (χ4n) is 2.64. The van der Waals surface area contributed by atoms with E-state index >= 15 is 0 Å². The summed E-state index contributed by atoms with van der Waals surface area (Å²) in [6.07, 6.45) is 1.90. The molecule has 1 aliphatic heterocycles. The predicted molar refractivity (Wildman–Crippen MR) is 103 cm³/mol. The fraction of sp³-hybridized carbons (Fsp3) is 0.158. The summed E-state index contributed by atoms with van der Waals surface area (Å²) in [5, 5.41) is 15.5. The van der Waals surface area contributed by atoms with Gasteiger partial charge in [-0.05, 0) is 41.6 Å². The first-order valence-corrected chi connectivity index (χ1v) is 9.21. The molecule has 2 aromatic carbocycles. The molecule has 0 spiro atoms. The molecular formula is C19H17N5O2S. The van der Waals surface area contributed by atoms with Crippen molar-refractivity contribution in [1.29, 1.82) is 0 Å². The Morgan fingerprint density at radius 3 is 2.67 bits per heavy atom. The molecule has 3 aromatic rings. The van der Waals surface area contributed by atoms with Crippen LogP contribution in [0.1, 0.15) is 18.1 Å². The minimum atomic E-state index is -0.248. The van der Waals surface area contributed by atoms with Gasteiger partial charge < -0.3 is 14.7 Å². The minimum absolute atomic E-state index is 0.211. The Bertz CT molecular complexity index is 969. The molecule has 0 saturated carbocycles. The van der Waals surface area contributed by atoms with Gasteiger partial charge in [0.15, 0.2) is 11.3 Å². The monoisotopic (exact) mass is 379 g/mol. The van der Waals surface area contributed by atoms with Crippen LogP contribution < -0.4 is 5.32 Å². The van der Waals surface area contributed by atoms with Crippen LogP contribution in [-0.2, 0) is 16.7 Å². The molecule has 8 heteroatoms. The number of anilines is 1. The van der Waals surface area contributed by atoms with Crippen molar-refractivity contribution in [3.8, 4) is 0 Å². The van der Waals surface area contributed by atoms with Gasteiger partial charge in [-0.1, -0.05) is 35.5 Å². The maximum absolute atomic E-state index is 12.4. The highest BCUT2D eigenvalue weighted by Crippen LogP contribution is 2.28. The topological polar surface area (TPSA) is 81.4 Å². The summed E-state index contributed by atoms with van der Waals surface area (Å²) >= 11 is 1.50. The Balaban J connectivity index is 1.35. The molecule has 27 heavy (non-hydrogen) atoms. The number of carbonyl (C=O) groups excluding carboxylic acids is 1. The number of aryl methyl sites for hydroxylation is 1. The van der Waals surface area contributed by atoms with Crippen molar-refractivity contribution in [1.82, 2.24) is 14.8 Å². The lowest BCUT2D eigenvalue weighted by atomic mass is 10.0. The SMILES string of the molecule is Cn1cnnc1Sc1ccc(NC(=O)C2=NO[C@@H](c3ccccc3)C2)cc1. The van der Waals surface area contributed by atoms with E-state index in [0.29, 0.717) is 17.8 Å². The van der Waals surface area contributed by atoms with Gasteiger partial charge in [-0.3, -0.25) is 4.79 Å². The quantitative estimate of drug-likeness (QED) is 0.735. The number of rotatable bonds is 5. The summed E-state index contributed by atoms with van der Waals surface area (Å²) in [4.78, 5) is 18.8. The molecule has 4 rings (SSSR count). The standard InChI is InChI=1S/C19H17N5O2S/c1-24-12-20-22-19(24)27-15-9-7-14(8-10-15)21-18(25)16-11-17(26-23-16)13-5-3-2-4-6-13/h2-10,12,17H,11H2,1H3,(H,21,25)/t17-/m1/s1. The van der Waals surface area contributed by atoms with Gasteiger partial charge >= 0.3 is 0 Å². The number of hydrogen-bond donors (Lipinski definition) is 1. The lowest BCUT2D eigenvalue weighted by Crippen LogP contribution is -2.21. The van der Waals surface area contributed by atoms with Gasteiger partial charge in [0.1, 0.15) is 12.0 Å². The predicted octanol–water partition coefficient (Wildman–Crippen LogP) is 3.42. The van der Waals surface area contributed by atoms with E-state index < -0.39 is 0 Å². The van der Waals surface area contributed by atoms with E-state index in [0.717, 1.165) is 15.6 Å². The van der Waals surface area contributed by atoms with Gasteiger partial charge in [-0.15, -0.1) is 10.2 Å². The van der Waals surface area contributed by atoms with E-state index in [2.05, 4.69) is 20.7 Å². The van der Waals surface area contributed by atoms with Gasteiger partial charge in [0, 0.05) is 24.1 Å². The largest absolute Gasteiger partial charge is 0.387 e. The summed E-state index contributed by atoms with van der Waals surface area (Å²) in [6.45, 7) is 0. The molecule has 0 bridgehead atoms. The van der Waals surface area contributed by atoms with Crippen LogP contribution in [0.4, 0.5) is 5.69 Å². The molecular weight excluding hydrogens is 362 g/mol. The Kier molecular flexibility index (Phi) is 4.88. The summed E-state index contributed by atoms with van der Waals surface area (Å²) in [6, 6.07) is 17.3. The van der Waals surface area contributed by atoms with Crippen LogP contribution in [0.2, 0.25) is 0 Å². The zero-order valence-corrected chi connectivity index (χ0v) is 15.4. The number of amides is 1. The highest BCUT2D eigenvalue weighted by molar-refractivity contribution is 7.99. The summed E-state index contributed by atoms with van der Waals surface area (Å²) < 4.78 is 1.85. The van der Waals surface area contributed by atoms with Crippen molar-refractivity contribution in [3.63, 3.8) is 0 Å².